The average molecular weight is 389 g/mol. The predicted molar refractivity (Wildman–Crippen MR) is 109 cm³/mol. The van der Waals surface area contributed by atoms with Crippen molar-refractivity contribution in [3.8, 4) is 0 Å². The van der Waals surface area contributed by atoms with Crippen LogP contribution in [0.5, 0.6) is 0 Å². The summed E-state index contributed by atoms with van der Waals surface area (Å²) in [6.07, 6.45) is 4.88. The first-order valence-corrected chi connectivity index (χ1v) is 10.1. The van der Waals surface area contributed by atoms with E-state index in [4.69, 9.17) is 9.51 Å². The summed E-state index contributed by atoms with van der Waals surface area (Å²) >= 11 is 0. The van der Waals surface area contributed by atoms with Gasteiger partial charge in [0.25, 0.3) is 0 Å². The minimum Gasteiger partial charge on any atom is -0.384 e. The summed E-state index contributed by atoms with van der Waals surface area (Å²) < 4.78 is 5.79. The van der Waals surface area contributed by atoms with Gasteiger partial charge >= 0.3 is 0 Å². The number of likely N-dealkylation sites (tertiary alicyclic amines) is 1. The molecule has 0 unspecified atom stereocenters. The number of para-hydroxylation sites is 1. The van der Waals surface area contributed by atoms with Gasteiger partial charge in [0.15, 0.2) is 5.82 Å². The van der Waals surface area contributed by atoms with Crippen molar-refractivity contribution in [1.82, 2.24) is 15.0 Å². The quantitative estimate of drug-likeness (QED) is 0.853. The highest BCUT2D eigenvalue weighted by Gasteiger charge is 2.54. The lowest BCUT2D eigenvalue weighted by Crippen LogP contribution is -2.32. The zero-order valence-corrected chi connectivity index (χ0v) is 17.0. The minimum atomic E-state index is 0. The van der Waals surface area contributed by atoms with Crippen molar-refractivity contribution in [2.75, 3.05) is 25.0 Å². The molecule has 3 heterocycles. The van der Waals surface area contributed by atoms with Gasteiger partial charge < -0.3 is 9.84 Å². The van der Waals surface area contributed by atoms with Gasteiger partial charge in [-0.1, -0.05) is 43.6 Å². The van der Waals surface area contributed by atoms with Crippen molar-refractivity contribution in [2.24, 2.45) is 5.92 Å². The number of fused-ring (bicyclic) bond motifs is 2. The lowest BCUT2D eigenvalue weighted by atomic mass is 9.80. The van der Waals surface area contributed by atoms with Crippen LogP contribution in [0.3, 0.4) is 0 Å². The highest BCUT2D eigenvalue weighted by Crippen LogP contribution is 2.50. The molecule has 0 radical (unpaired) electrons. The Bertz CT molecular complexity index is 820. The Balaban J connectivity index is 0.00000180. The van der Waals surface area contributed by atoms with E-state index in [1.54, 1.807) is 0 Å². The molecule has 0 spiro atoms. The van der Waals surface area contributed by atoms with E-state index in [-0.39, 0.29) is 17.8 Å². The number of hydrogen-bond donors (Lipinski definition) is 1. The van der Waals surface area contributed by atoms with Gasteiger partial charge in [0, 0.05) is 37.8 Å². The largest absolute Gasteiger partial charge is 0.384 e. The van der Waals surface area contributed by atoms with Crippen LogP contribution in [0.1, 0.15) is 61.9 Å². The molecule has 1 aromatic heterocycles. The maximum atomic E-state index is 5.79. The van der Waals surface area contributed by atoms with Crippen LogP contribution in [-0.4, -0.2) is 34.7 Å². The Labute approximate surface area is 167 Å². The van der Waals surface area contributed by atoms with Crippen molar-refractivity contribution in [1.29, 1.82) is 0 Å². The van der Waals surface area contributed by atoms with Gasteiger partial charge in [-0.05, 0) is 36.3 Å². The number of anilines is 1. The number of aromatic nitrogens is 2. The van der Waals surface area contributed by atoms with Crippen LogP contribution in [0.25, 0.3) is 0 Å². The van der Waals surface area contributed by atoms with Crippen LogP contribution in [0, 0.1) is 5.92 Å². The van der Waals surface area contributed by atoms with E-state index in [2.05, 4.69) is 47.4 Å². The fraction of sp³-hybridized carbons (Fsp3) is 0.619. The Morgan fingerprint density at radius 2 is 2.26 bits per heavy atom. The molecular weight excluding hydrogens is 360 g/mol. The van der Waals surface area contributed by atoms with Crippen molar-refractivity contribution < 1.29 is 4.52 Å². The minimum absolute atomic E-state index is 0. The summed E-state index contributed by atoms with van der Waals surface area (Å²) in [7, 11) is 0. The van der Waals surface area contributed by atoms with Gasteiger partial charge in [0.05, 0.1) is 5.41 Å². The van der Waals surface area contributed by atoms with E-state index in [9.17, 15) is 0 Å². The molecule has 1 N–H and O–H groups in total. The Morgan fingerprint density at radius 3 is 3.07 bits per heavy atom. The molecule has 146 valence electrons. The van der Waals surface area contributed by atoms with Gasteiger partial charge in [-0.2, -0.15) is 4.98 Å². The molecule has 5 rings (SSSR count). The van der Waals surface area contributed by atoms with E-state index < -0.39 is 0 Å². The number of nitrogens with zero attached hydrogens (tertiary/aromatic N) is 3. The first-order chi connectivity index (χ1) is 12.7. The second-order valence-electron chi connectivity index (χ2n) is 8.66. The Morgan fingerprint density at radius 1 is 1.37 bits per heavy atom. The fourth-order valence-electron chi connectivity index (χ4n) is 5.32. The molecule has 1 saturated heterocycles. The number of hydrogen-bond acceptors (Lipinski definition) is 5. The van der Waals surface area contributed by atoms with Crippen LogP contribution < -0.4 is 5.32 Å². The zero-order valence-electron chi connectivity index (χ0n) is 16.2. The first kappa shape index (κ1) is 18.8. The molecule has 5 nitrogen and oxygen atoms in total. The third-order valence-corrected chi connectivity index (χ3v) is 6.65. The monoisotopic (exact) mass is 388 g/mol. The lowest BCUT2D eigenvalue weighted by Gasteiger charge is -2.24. The lowest BCUT2D eigenvalue weighted by molar-refractivity contribution is 0.244. The van der Waals surface area contributed by atoms with Crippen LogP contribution in [-0.2, 0) is 18.4 Å². The first-order valence-electron chi connectivity index (χ1n) is 10.1. The summed E-state index contributed by atoms with van der Waals surface area (Å²) in [5.41, 5.74) is 4.35. The van der Waals surface area contributed by atoms with Gasteiger partial charge in [0.2, 0.25) is 5.89 Å². The predicted octanol–water partition coefficient (Wildman–Crippen LogP) is 4.14. The second-order valence-corrected chi connectivity index (χ2v) is 8.66. The fourth-order valence-corrected chi connectivity index (χ4v) is 5.32. The second kappa shape index (κ2) is 7.10. The summed E-state index contributed by atoms with van der Waals surface area (Å²) in [5, 5.41) is 7.84. The van der Waals surface area contributed by atoms with E-state index >= 15 is 0 Å². The van der Waals surface area contributed by atoms with Gasteiger partial charge in [-0.3, -0.25) is 4.90 Å². The number of nitrogens with one attached hydrogen (secondary N) is 1. The highest BCUT2D eigenvalue weighted by atomic mass is 35.5. The maximum Gasteiger partial charge on any atom is 0.234 e. The third-order valence-electron chi connectivity index (χ3n) is 6.65. The Hall–Kier alpha value is -1.59. The molecule has 3 aliphatic rings. The molecule has 0 amide bonds. The summed E-state index contributed by atoms with van der Waals surface area (Å²) in [4.78, 5) is 7.42. The zero-order chi connectivity index (χ0) is 17.7. The maximum absolute atomic E-state index is 5.79. The molecule has 27 heavy (non-hydrogen) atoms. The summed E-state index contributed by atoms with van der Waals surface area (Å²) in [6, 6.07) is 6.74. The molecule has 2 aliphatic heterocycles. The normalized spacial score (nSPS) is 26.7. The van der Waals surface area contributed by atoms with Gasteiger partial charge in [-0.15, -0.1) is 12.4 Å². The number of rotatable bonds is 4. The molecule has 2 atom stereocenters. The summed E-state index contributed by atoms with van der Waals surface area (Å²) in [5.74, 6) is 2.71. The molecule has 6 heteroatoms. The van der Waals surface area contributed by atoms with Crippen molar-refractivity contribution in [2.45, 2.75) is 57.4 Å². The summed E-state index contributed by atoms with van der Waals surface area (Å²) in [6.45, 7) is 8.52. The topological polar surface area (TPSA) is 54.2 Å². The molecule has 1 saturated carbocycles. The molecule has 1 aliphatic carbocycles. The highest BCUT2D eigenvalue weighted by molar-refractivity contribution is 5.85. The standard InChI is InChI=1S/C21H28N4O.ClH/c1-14(2)19-23-20(26-24-19)21-9-4-7-17(21)12-25(13-21)11-16-6-3-5-15-8-10-22-18(15)16;/h3,5-6,14,17,22H,4,7-13H2,1-2H3;1H/t17-,21-;/m1./s1. The van der Waals surface area contributed by atoms with E-state index in [0.717, 1.165) is 44.3 Å². The smallest absolute Gasteiger partial charge is 0.234 e. The SMILES string of the molecule is CC(C)c1noc([C@@]23CCC[C@@H]2CN(Cc2cccc4c2NCC4)C3)n1.Cl. The van der Waals surface area contributed by atoms with Crippen LogP contribution in [0.4, 0.5) is 5.69 Å². The van der Waals surface area contributed by atoms with E-state index in [1.165, 1.54) is 36.1 Å². The van der Waals surface area contributed by atoms with E-state index in [0.29, 0.717) is 11.8 Å². The average Bonchev–Trinajstić information content (AvgIpc) is 3.37. The van der Waals surface area contributed by atoms with Gasteiger partial charge in [-0.25, -0.2) is 0 Å². The number of benzene rings is 1. The van der Waals surface area contributed by atoms with Gasteiger partial charge in [0.1, 0.15) is 0 Å². The Kier molecular flexibility index (Phi) is 4.93. The molecular formula is C21H29ClN4O. The molecule has 0 bridgehead atoms. The molecule has 2 aromatic rings. The van der Waals surface area contributed by atoms with Crippen LogP contribution in [0.15, 0.2) is 22.7 Å². The van der Waals surface area contributed by atoms with Crippen molar-refractivity contribution in [3.63, 3.8) is 0 Å². The third kappa shape index (κ3) is 3.05. The molecule has 1 aromatic carbocycles. The van der Waals surface area contributed by atoms with Crippen molar-refractivity contribution in [3.05, 3.63) is 41.0 Å². The number of halogens is 1. The van der Waals surface area contributed by atoms with Crippen molar-refractivity contribution >= 4 is 18.1 Å². The van der Waals surface area contributed by atoms with Crippen LogP contribution in [0.2, 0.25) is 0 Å². The van der Waals surface area contributed by atoms with Crippen LogP contribution >= 0.6 is 12.4 Å². The molecule has 2 fully saturated rings. The van der Waals surface area contributed by atoms with E-state index in [1.807, 2.05) is 0 Å².